The molecule has 2 aliphatic rings. The molecule has 0 unspecified atom stereocenters. The first-order chi connectivity index (χ1) is 11.5. The third-order valence-electron chi connectivity index (χ3n) is 5.73. The highest BCUT2D eigenvalue weighted by Crippen LogP contribution is 2.39. The summed E-state index contributed by atoms with van der Waals surface area (Å²) in [5, 5.41) is 0. The smallest absolute Gasteiger partial charge is 0.213 e. The molecule has 0 aromatic heterocycles. The summed E-state index contributed by atoms with van der Waals surface area (Å²) in [6.07, 6.45) is 2.21. The fourth-order valence-corrected chi connectivity index (χ4v) is 5.19. The average Bonchev–Trinajstić information content (AvgIpc) is 2.63. The fraction of sp³-hybridized carbons (Fsp3) is 0.667. The minimum atomic E-state index is -3.07. The average molecular weight is 352 g/mol. The quantitative estimate of drug-likeness (QED) is 0.826. The summed E-state index contributed by atoms with van der Waals surface area (Å²) in [6, 6.07) is 10.8. The van der Waals surface area contributed by atoms with E-state index in [1.807, 2.05) is 0 Å². The Labute approximate surface area is 146 Å². The van der Waals surface area contributed by atoms with E-state index in [1.165, 1.54) is 5.56 Å². The molecule has 0 amide bonds. The first-order valence-corrected chi connectivity index (χ1v) is 10.6. The number of sulfonamides is 1. The second-order valence-corrected chi connectivity index (χ2v) is 9.25. The Kier molecular flexibility index (Phi) is 5.30. The summed E-state index contributed by atoms with van der Waals surface area (Å²) in [6.45, 7) is 6.76. The standard InChI is InChI=1S/C18H29N3O2S/c1-3-24(22,23)21-15-13-20(14-16-21)18(9-11-19(2)12-10-18)17-7-5-4-6-8-17/h4-8H,3,9-16H2,1-2H3. The van der Waals surface area contributed by atoms with Gasteiger partial charge >= 0.3 is 0 Å². The monoisotopic (exact) mass is 351 g/mol. The number of hydrogen-bond donors (Lipinski definition) is 0. The summed E-state index contributed by atoms with van der Waals surface area (Å²) in [7, 11) is -0.889. The van der Waals surface area contributed by atoms with E-state index in [-0.39, 0.29) is 11.3 Å². The molecule has 0 aliphatic carbocycles. The second kappa shape index (κ2) is 7.12. The molecular weight excluding hydrogens is 322 g/mol. The summed E-state index contributed by atoms with van der Waals surface area (Å²) in [5.41, 5.74) is 1.43. The first-order valence-electron chi connectivity index (χ1n) is 8.95. The predicted molar refractivity (Wildman–Crippen MR) is 97.5 cm³/mol. The highest BCUT2D eigenvalue weighted by Gasteiger charge is 2.42. The zero-order valence-electron chi connectivity index (χ0n) is 14.8. The molecule has 2 aliphatic heterocycles. The van der Waals surface area contributed by atoms with Crippen molar-refractivity contribution >= 4 is 10.0 Å². The molecule has 0 N–H and O–H groups in total. The van der Waals surface area contributed by atoms with E-state index in [0.29, 0.717) is 13.1 Å². The van der Waals surface area contributed by atoms with Gasteiger partial charge in [-0.1, -0.05) is 30.3 Å². The SMILES string of the molecule is CCS(=O)(=O)N1CCN(C2(c3ccccc3)CCN(C)CC2)CC1. The minimum absolute atomic E-state index is 0.0514. The highest BCUT2D eigenvalue weighted by molar-refractivity contribution is 7.89. The number of benzene rings is 1. The lowest BCUT2D eigenvalue weighted by Crippen LogP contribution is -2.59. The van der Waals surface area contributed by atoms with Gasteiger partial charge in [-0.25, -0.2) is 8.42 Å². The lowest BCUT2D eigenvalue weighted by Gasteiger charge is -2.51. The Morgan fingerprint density at radius 2 is 1.54 bits per heavy atom. The molecule has 2 fully saturated rings. The normalized spacial score (nSPS) is 24.1. The van der Waals surface area contributed by atoms with Crippen LogP contribution in [0.5, 0.6) is 0 Å². The molecule has 0 radical (unpaired) electrons. The lowest BCUT2D eigenvalue weighted by molar-refractivity contribution is 0.00335. The topological polar surface area (TPSA) is 43.9 Å². The Balaban J connectivity index is 1.81. The van der Waals surface area contributed by atoms with Gasteiger partial charge in [0.25, 0.3) is 0 Å². The summed E-state index contributed by atoms with van der Waals surface area (Å²) in [5.74, 6) is 0.196. The number of likely N-dealkylation sites (tertiary alicyclic amines) is 1. The van der Waals surface area contributed by atoms with Gasteiger partial charge in [0.1, 0.15) is 0 Å². The summed E-state index contributed by atoms with van der Waals surface area (Å²) >= 11 is 0. The molecule has 6 heteroatoms. The van der Waals surface area contributed by atoms with Gasteiger partial charge in [-0.3, -0.25) is 4.90 Å². The molecule has 3 rings (SSSR count). The van der Waals surface area contributed by atoms with Gasteiger partial charge in [0.15, 0.2) is 0 Å². The molecule has 0 bridgehead atoms. The molecular formula is C18H29N3O2S. The van der Waals surface area contributed by atoms with Gasteiger partial charge < -0.3 is 4.90 Å². The van der Waals surface area contributed by atoms with Crippen LogP contribution < -0.4 is 0 Å². The Hall–Kier alpha value is -0.950. The third-order valence-corrected chi connectivity index (χ3v) is 7.61. The van der Waals surface area contributed by atoms with Gasteiger partial charge in [0.05, 0.1) is 5.75 Å². The maximum Gasteiger partial charge on any atom is 0.213 e. The van der Waals surface area contributed by atoms with Crippen molar-refractivity contribution in [3.63, 3.8) is 0 Å². The fourth-order valence-electron chi connectivity index (χ4n) is 4.10. The van der Waals surface area contributed by atoms with Crippen LogP contribution in [0, 0.1) is 0 Å². The summed E-state index contributed by atoms with van der Waals surface area (Å²) < 4.78 is 25.9. The van der Waals surface area contributed by atoms with E-state index in [9.17, 15) is 8.42 Å². The van der Waals surface area contributed by atoms with E-state index < -0.39 is 10.0 Å². The molecule has 0 saturated carbocycles. The maximum atomic E-state index is 12.1. The Bertz CT molecular complexity index is 631. The molecule has 134 valence electrons. The molecule has 1 aromatic carbocycles. The largest absolute Gasteiger partial charge is 0.306 e. The molecule has 2 saturated heterocycles. The van der Waals surface area contributed by atoms with Crippen molar-refractivity contribution in [1.82, 2.24) is 14.1 Å². The first kappa shape index (κ1) is 17.9. The van der Waals surface area contributed by atoms with Crippen molar-refractivity contribution < 1.29 is 8.42 Å². The minimum Gasteiger partial charge on any atom is -0.306 e. The van der Waals surface area contributed by atoms with Crippen LogP contribution in [0.4, 0.5) is 0 Å². The van der Waals surface area contributed by atoms with Crippen LogP contribution in [0.15, 0.2) is 30.3 Å². The van der Waals surface area contributed by atoms with Gasteiger partial charge in [0, 0.05) is 31.7 Å². The Morgan fingerprint density at radius 1 is 0.958 bits per heavy atom. The molecule has 0 atom stereocenters. The number of piperidine rings is 1. The van der Waals surface area contributed by atoms with E-state index in [1.54, 1.807) is 11.2 Å². The number of hydrogen-bond acceptors (Lipinski definition) is 4. The number of piperazine rings is 1. The molecule has 5 nitrogen and oxygen atoms in total. The third kappa shape index (κ3) is 3.38. The van der Waals surface area contributed by atoms with Crippen LogP contribution in [0.3, 0.4) is 0 Å². The second-order valence-electron chi connectivity index (χ2n) is 6.99. The molecule has 0 spiro atoms. The van der Waals surface area contributed by atoms with Crippen molar-refractivity contribution in [1.29, 1.82) is 0 Å². The van der Waals surface area contributed by atoms with Gasteiger partial charge in [-0.15, -0.1) is 0 Å². The van der Waals surface area contributed by atoms with Crippen LogP contribution in [0.25, 0.3) is 0 Å². The van der Waals surface area contributed by atoms with Crippen LogP contribution >= 0.6 is 0 Å². The Morgan fingerprint density at radius 3 is 2.08 bits per heavy atom. The van der Waals surface area contributed by atoms with Crippen molar-refractivity contribution in [2.24, 2.45) is 0 Å². The van der Waals surface area contributed by atoms with Crippen LogP contribution in [-0.4, -0.2) is 74.6 Å². The predicted octanol–water partition coefficient (Wildman–Crippen LogP) is 1.57. The number of nitrogens with zero attached hydrogens (tertiary/aromatic N) is 3. The zero-order chi connectivity index (χ0) is 17.2. The maximum absolute atomic E-state index is 12.1. The molecule has 1 aromatic rings. The molecule has 24 heavy (non-hydrogen) atoms. The van der Waals surface area contributed by atoms with E-state index >= 15 is 0 Å². The van der Waals surface area contributed by atoms with Crippen LogP contribution in [-0.2, 0) is 15.6 Å². The van der Waals surface area contributed by atoms with Gasteiger partial charge in [-0.2, -0.15) is 4.31 Å². The van der Waals surface area contributed by atoms with E-state index in [0.717, 1.165) is 39.0 Å². The van der Waals surface area contributed by atoms with Crippen molar-refractivity contribution in [2.45, 2.75) is 25.3 Å². The van der Waals surface area contributed by atoms with Gasteiger partial charge in [0.2, 0.25) is 10.0 Å². The van der Waals surface area contributed by atoms with Gasteiger partial charge in [-0.05, 0) is 45.5 Å². The molecule has 2 heterocycles. The van der Waals surface area contributed by atoms with E-state index in [4.69, 9.17) is 0 Å². The highest BCUT2D eigenvalue weighted by atomic mass is 32.2. The number of rotatable bonds is 4. The van der Waals surface area contributed by atoms with Crippen LogP contribution in [0.2, 0.25) is 0 Å². The van der Waals surface area contributed by atoms with Crippen molar-refractivity contribution in [3.05, 3.63) is 35.9 Å². The lowest BCUT2D eigenvalue weighted by atomic mass is 9.79. The van der Waals surface area contributed by atoms with Crippen LogP contribution in [0.1, 0.15) is 25.3 Å². The van der Waals surface area contributed by atoms with Crippen molar-refractivity contribution in [2.75, 3.05) is 52.1 Å². The zero-order valence-corrected chi connectivity index (χ0v) is 15.6. The van der Waals surface area contributed by atoms with E-state index in [2.05, 4.69) is 47.2 Å². The summed E-state index contributed by atoms with van der Waals surface area (Å²) in [4.78, 5) is 4.93. The van der Waals surface area contributed by atoms with Crippen molar-refractivity contribution in [3.8, 4) is 0 Å².